The van der Waals surface area contributed by atoms with Gasteiger partial charge in [0.1, 0.15) is 6.10 Å². The number of nitrogens with two attached hydrogens (primary N) is 1. The first-order valence-corrected chi connectivity index (χ1v) is 9.73. The number of rotatable bonds is 4. The van der Waals surface area contributed by atoms with E-state index in [0.717, 1.165) is 22.5 Å². The van der Waals surface area contributed by atoms with Crippen molar-refractivity contribution in [2.45, 2.75) is 11.0 Å². The lowest BCUT2D eigenvalue weighted by Gasteiger charge is -2.35. The minimum atomic E-state index is -4.14. The van der Waals surface area contributed by atoms with Gasteiger partial charge in [0, 0.05) is 17.1 Å². The molecule has 0 amide bonds. The van der Waals surface area contributed by atoms with Crippen LogP contribution in [0.15, 0.2) is 39.7 Å². The molecule has 0 aromatic heterocycles. The molecule has 26 heavy (non-hydrogen) atoms. The highest BCUT2D eigenvalue weighted by molar-refractivity contribution is 9.10. The fourth-order valence-electron chi connectivity index (χ4n) is 2.61. The second-order valence-electron chi connectivity index (χ2n) is 5.54. The van der Waals surface area contributed by atoms with Gasteiger partial charge in [-0.25, -0.2) is 17.2 Å². The number of anilines is 1. The zero-order valence-corrected chi connectivity index (χ0v) is 16.0. The average Bonchev–Trinajstić information content (AvgIpc) is 2.61. The molecule has 0 radical (unpaired) electrons. The van der Waals surface area contributed by atoms with Crippen LogP contribution < -0.4 is 19.5 Å². The van der Waals surface area contributed by atoms with Crippen LogP contribution in [0, 0.1) is 11.6 Å². The van der Waals surface area contributed by atoms with Crippen LogP contribution in [0.25, 0.3) is 0 Å². The van der Waals surface area contributed by atoms with Crippen molar-refractivity contribution in [2.24, 2.45) is 5.73 Å². The summed E-state index contributed by atoms with van der Waals surface area (Å²) in [4.78, 5) is -0.195. The van der Waals surface area contributed by atoms with E-state index in [2.05, 4.69) is 15.9 Å². The Hall–Kier alpha value is -1.91. The number of sulfonamides is 1. The molecule has 2 N–H and O–H groups in total. The SMILES string of the molecule is COc1cc(S(=O)(=O)N2CC(CN)Oc3c(F)cc(Br)cc32)ccc1F. The van der Waals surface area contributed by atoms with Crippen LogP contribution in [0.5, 0.6) is 11.5 Å². The normalized spacial score (nSPS) is 16.8. The maximum Gasteiger partial charge on any atom is 0.264 e. The fraction of sp³-hybridized carbons (Fsp3) is 0.250. The molecule has 0 fully saturated rings. The fourth-order valence-corrected chi connectivity index (χ4v) is 4.54. The Labute approximate surface area is 157 Å². The number of methoxy groups -OCH3 is 1. The summed E-state index contributed by atoms with van der Waals surface area (Å²) in [7, 11) is -2.91. The van der Waals surface area contributed by atoms with Crippen molar-refractivity contribution in [3.05, 3.63) is 46.4 Å². The van der Waals surface area contributed by atoms with Gasteiger partial charge in [-0.2, -0.15) is 0 Å². The molecule has 2 aromatic carbocycles. The largest absolute Gasteiger partial charge is 0.494 e. The molecule has 1 aliphatic rings. The molecule has 1 heterocycles. The van der Waals surface area contributed by atoms with Crippen LogP contribution in [0.1, 0.15) is 0 Å². The van der Waals surface area contributed by atoms with Gasteiger partial charge in [-0.05, 0) is 24.3 Å². The second-order valence-corrected chi connectivity index (χ2v) is 8.32. The molecule has 0 bridgehead atoms. The maximum absolute atomic E-state index is 14.3. The molecule has 140 valence electrons. The quantitative estimate of drug-likeness (QED) is 0.777. The highest BCUT2D eigenvalue weighted by Crippen LogP contribution is 2.41. The predicted octanol–water partition coefficient (Wildman–Crippen LogP) is 2.65. The maximum atomic E-state index is 14.3. The van der Waals surface area contributed by atoms with Crippen LogP contribution in [0.4, 0.5) is 14.5 Å². The lowest BCUT2D eigenvalue weighted by Crippen LogP contribution is -2.46. The number of fused-ring (bicyclic) bond motifs is 1. The third-order valence-electron chi connectivity index (χ3n) is 3.88. The third-order valence-corrected chi connectivity index (χ3v) is 6.12. The Morgan fingerprint density at radius 1 is 1.31 bits per heavy atom. The molecule has 1 unspecified atom stereocenters. The van der Waals surface area contributed by atoms with Crippen molar-refractivity contribution in [1.29, 1.82) is 0 Å². The molecule has 3 rings (SSSR count). The van der Waals surface area contributed by atoms with Gasteiger partial charge in [0.2, 0.25) is 0 Å². The first-order chi connectivity index (χ1) is 12.3. The Morgan fingerprint density at radius 2 is 2.04 bits per heavy atom. The molecule has 10 heteroatoms. The van der Waals surface area contributed by atoms with Gasteiger partial charge in [0.15, 0.2) is 23.1 Å². The van der Waals surface area contributed by atoms with Gasteiger partial charge < -0.3 is 15.2 Å². The van der Waals surface area contributed by atoms with E-state index >= 15 is 0 Å². The molecular formula is C16H15BrF2N2O4S. The van der Waals surface area contributed by atoms with Crippen LogP contribution in [-0.4, -0.2) is 34.7 Å². The van der Waals surface area contributed by atoms with Gasteiger partial charge in [-0.1, -0.05) is 15.9 Å². The summed E-state index contributed by atoms with van der Waals surface area (Å²) in [5.74, 6) is -1.82. The predicted molar refractivity (Wildman–Crippen MR) is 95.1 cm³/mol. The number of ether oxygens (including phenoxy) is 2. The van der Waals surface area contributed by atoms with E-state index in [9.17, 15) is 17.2 Å². The molecule has 1 atom stereocenters. The van der Waals surface area contributed by atoms with E-state index < -0.39 is 27.8 Å². The first-order valence-electron chi connectivity index (χ1n) is 7.50. The van der Waals surface area contributed by atoms with Crippen molar-refractivity contribution < 1.29 is 26.7 Å². The second kappa shape index (κ2) is 7.01. The van der Waals surface area contributed by atoms with E-state index in [1.807, 2.05) is 0 Å². The van der Waals surface area contributed by atoms with Crippen molar-refractivity contribution in [3.63, 3.8) is 0 Å². The van der Waals surface area contributed by atoms with Gasteiger partial charge in [-0.15, -0.1) is 0 Å². The third kappa shape index (κ3) is 3.24. The molecule has 0 saturated heterocycles. The minimum absolute atomic E-state index is 0.00625. The molecule has 0 aliphatic carbocycles. The zero-order chi connectivity index (χ0) is 19.1. The number of hydrogen-bond donors (Lipinski definition) is 1. The summed E-state index contributed by atoms with van der Waals surface area (Å²) in [5.41, 5.74) is 5.63. The Kier molecular flexibility index (Phi) is 5.09. The smallest absolute Gasteiger partial charge is 0.264 e. The number of benzene rings is 2. The molecule has 6 nitrogen and oxygen atoms in total. The van der Waals surface area contributed by atoms with Gasteiger partial charge in [-0.3, -0.25) is 4.31 Å². The van der Waals surface area contributed by atoms with E-state index in [-0.39, 0.29) is 35.2 Å². The average molecular weight is 449 g/mol. The Balaban J connectivity index is 2.16. The summed E-state index contributed by atoms with van der Waals surface area (Å²) in [5, 5.41) is 0. The summed E-state index contributed by atoms with van der Waals surface area (Å²) in [6.45, 7) is -0.116. The van der Waals surface area contributed by atoms with Crippen molar-refractivity contribution in [1.82, 2.24) is 0 Å². The zero-order valence-electron chi connectivity index (χ0n) is 13.6. The van der Waals surface area contributed by atoms with Crippen molar-refractivity contribution in [2.75, 3.05) is 24.5 Å². The molecular weight excluding hydrogens is 434 g/mol. The topological polar surface area (TPSA) is 81.9 Å². The van der Waals surface area contributed by atoms with E-state index in [1.54, 1.807) is 0 Å². The molecule has 1 aliphatic heterocycles. The van der Waals surface area contributed by atoms with E-state index in [1.165, 1.54) is 19.2 Å². The lowest BCUT2D eigenvalue weighted by atomic mass is 10.2. The summed E-state index contributed by atoms with van der Waals surface area (Å²) < 4.78 is 65.9. The van der Waals surface area contributed by atoms with Crippen molar-refractivity contribution in [3.8, 4) is 11.5 Å². The van der Waals surface area contributed by atoms with Gasteiger partial charge >= 0.3 is 0 Å². The summed E-state index contributed by atoms with van der Waals surface area (Å²) in [6, 6.07) is 5.79. The highest BCUT2D eigenvalue weighted by atomic mass is 79.9. The molecule has 2 aromatic rings. The lowest BCUT2D eigenvalue weighted by molar-refractivity contribution is 0.198. The molecule has 0 saturated carbocycles. The first kappa shape index (κ1) is 18.9. The van der Waals surface area contributed by atoms with Crippen LogP contribution in [0.2, 0.25) is 0 Å². The summed E-state index contributed by atoms with van der Waals surface area (Å²) in [6.07, 6.45) is -0.727. The van der Waals surface area contributed by atoms with Crippen LogP contribution >= 0.6 is 15.9 Å². The monoisotopic (exact) mass is 448 g/mol. The summed E-state index contributed by atoms with van der Waals surface area (Å²) >= 11 is 3.14. The Morgan fingerprint density at radius 3 is 2.69 bits per heavy atom. The standard InChI is InChI=1S/C16H15BrF2N2O4S/c1-24-15-6-11(2-3-12(15)18)26(22,23)21-8-10(7-20)25-16-13(19)4-9(17)5-14(16)21/h2-6,10H,7-8,20H2,1H3. The highest BCUT2D eigenvalue weighted by Gasteiger charge is 2.36. The van der Waals surface area contributed by atoms with Crippen LogP contribution in [0.3, 0.4) is 0 Å². The van der Waals surface area contributed by atoms with Crippen molar-refractivity contribution >= 4 is 31.6 Å². The van der Waals surface area contributed by atoms with Crippen LogP contribution in [-0.2, 0) is 10.0 Å². The number of nitrogens with zero attached hydrogens (tertiary/aromatic N) is 1. The molecule has 0 spiro atoms. The number of halogens is 3. The van der Waals surface area contributed by atoms with E-state index in [4.69, 9.17) is 15.2 Å². The minimum Gasteiger partial charge on any atom is -0.494 e. The van der Waals surface area contributed by atoms with Gasteiger partial charge in [0.25, 0.3) is 10.0 Å². The van der Waals surface area contributed by atoms with Gasteiger partial charge in [0.05, 0.1) is 24.2 Å². The number of hydrogen-bond acceptors (Lipinski definition) is 5. The van der Waals surface area contributed by atoms with E-state index in [0.29, 0.717) is 4.47 Å². The Bertz CT molecular complexity index is 956.